The monoisotopic (exact) mass is 269 g/mol. The van der Waals surface area contributed by atoms with Crippen molar-refractivity contribution >= 4 is 17.4 Å². The molecule has 2 aromatic rings. The molecule has 0 aliphatic rings. The van der Waals surface area contributed by atoms with E-state index in [0.29, 0.717) is 22.4 Å². The van der Waals surface area contributed by atoms with Crippen molar-refractivity contribution in [2.24, 2.45) is 0 Å². The maximum Gasteiger partial charge on any atom is 0.256 e. The molecule has 2 rings (SSSR count). The van der Waals surface area contributed by atoms with Crippen LogP contribution in [0.5, 0.6) is 5.75 Å². The van der Waals surface area contributed by atoms with Crippen molar-refractivity contribution in [3.05, 3.63) is 59.2 Å². The van der Waals surface area contributed by atoms with Crippen LogP contribution in [-0.2, 0) is 0 Å². The number of anilines is 1. The number of rotatable bonds is 3. The molecule has 0 aliphatic carbocycles. The van der Waals surface area contributed by atoms with Gasteiger partial charge in [-0.15, -0.1) is 0 Å². The van der Waals surface area contributed by atoms with Gasteiger partial charge in [0.1, 0.15) is 5.75 Å². The zero-order valence-corrected chi connectivity index (χ0v) is 11.3. The van der Waals surface area contributed by atoms with Crippen LogP contribution in [-0.4, -0.2) is 16.8 Å². The predicted molar refractivity (Wildman–Crippen MR) is 77.2 cm³/mol. The number of hydrogen-bond acceptors (Lipinski definition) is 3. The molecular weight excluding hydrogens is 254 g/mol. The summed E-state index contributed by atoms with van der Waals surface area (Å²) in [4.78, 5) is 23.7. The normalized spacial score (nSPS) is 10.1. The summed E-state index contributed by atoms with van der Waals surface area (Å²) in [6.07, 6.45) is 0. The van der Waals surface area contributed by atoms with Gasteiger partial charge in [-0.25, -0.2) is 0 Å². The molecule has 0 unspecified atom stereocenters. The summed E-state index contributed by atoms with van der Waals surface area (Å²) in [5.74, 6) is -0.568. The highest BCUT2D eigenvalue weighted by molar-refractivity contribution is 6.12. The van der Waals surface area contributed by atoms with Crippen LogP contribution < -0.4 is 5.32 Å². The summed E-state index contributed by atoms with van der Waals surface area (Å²) in [7, 11) is 0. The summed E-state index contributed by atoms with van der Waals surface area (Å²) >= 11 is 0. The minimum Gasteiger partial charge on any atom is -0.505 e. The van der Waals surface area contributed by atoms with Gasteiger partial charge in [0.15, 0.2) is 5.78 Å². The number of aromatic hydroxyl groups is 1. The zero-order valence-electron chi connectivity index (χ0n) is 11.3. The number of benzene rings is 2. The Hall–Kier alpha value is -2.62. The predicted octanol–water partition coefficient (Wildman–Crippen LogP) is 3.16. The van der Waals surface area contributed by atoms with Crippen LogP contribution in [0.4, 0.5) is 5.69 Å². The maximum absolute atomic E-state index is 12.2. The number of nitrogens with one attached hydrogen (secondary N) is 1. The molecule has 0 heterocycles. The molecule has 0 atom stereocenters. The SMILES string of the molecule is CC(=O)c1ccccc1C(=O)Nc1cccc(C)c1O. The summed E-state index contributed by atoms with van der Waals surface area (Å²) in [6.45, 7) is 3.16. The molecule has 1 amide bonds. The fourth-order valence-electron chi connectivity index (χ4n) is 1.94. The first-order valence-corrected chi connectivity index (χ1v) is 6.20. The van der Waals surface area contributed by atoms with Crippen molar-refractivity contribution in [3.8, 4) is 5.75 Å². The van der Waals surface area contributed by atoms with E-state index >= 15 is 0 Å². The van der Waals surface area contributed by atoms with Crippen molar-refractivity contribution in [1.82, 2.24) is 0 Å². The Bertz CT molecular complexity index is 677. The smallest absolute Gasteiger partial charge is 0.256 e. The van der Waals surface area contributed by atoms with Crippen molar-refractivity contribution in [2.75, 3.05) is 5.32 Å². The van der Waals surface area contributed by atoms with Crippen molar-refractivity contribution in [1.29, 1.82) is 0 Å². The molecule has 102 valence electrons. The Morgan fingerprint density at radius 3 is 2.30 bits per heavy atom. The van der Waals surface area contributed by atoms with Crippen LogP contribution in [0.2, 0.25) is 0 Å². The van der Waals surface area contributed by atoms with E-state index in [4.69, 9.17) is 0 Å². The van der Waals surface area contributed by atoms with Gasteiger partial charge in [0.2, 0.25) is 0 Å². The second-order valence-electron chi connectivity index (χ2n) is 4.53. The molecule has 0 radical (unpaired) electrons. The lowest BCUT2D eigenvalue weighted by Gasteiger charge is -2.10. The van der Waals surface area contributed by atoms with E-state index in [-0.39, 0.29) is 11.5 Å². The van der Waals surface area contributed by atoms with E-state index in [0.717, 1.165) is 0 Å². The van der Waals surface area contributed by atoms with Gasteiger partial charge in [0.05, 0.1) is 11.3 Å². The average molecular weight is 269 g/mol. The minimum atomic E-state index is -0.420. The van der Waals surface area contributed by atoms with E-state index in [1.54, 1.807) is 49.4 Å². The Kier molecular flexibility index (Phi) is 3.84. The summed E-state index contributed by atoms with van der Waals surface area (Å²) in [5, 5.41) is 12.5. The number of carbonyl (C=O) groups is 2. The van der Waals surface area contributed by atoms with Crippen molar-refractivity contribution in [3.63, 3.8) is 0 Å². The topological polar surface area (TPSA) is 66.4 Å². The Morgan fingerprint density at radius 2 is 1.65 bits per heavy atom. The van der Waals surface area contributed by atoms with Crippen LogP contribution in [0.3, 0.4) is 0 Å². The molecule has 0 spiro atoms. The number of phenols is 1. The van der Waals surface area contributed by atoms with Gasteiger partial charge in [-0.1, -0.05) is 30.3 Å². The van der Waals surface area contributed by atoms with E-state index in [1.165, 1.54) is 6.92 Å². The van der Waals surface area contributed by atoms with Crippen LogP contribution in [0.1, 0.15) is 33.2 Å². The van der Waals surface area contributed by atoms with Gasteiger partial charge >= 0.3 is 0 Å². The average Bonchev–Trinajstić information content (AvgIpc) is 2.43. The number of phenolic OH excluding ortho intramolecular Hbond substituents is 1. The lowest BCUT2D eigenvalue weighted by molar-refractivity contribution is 0.0985. The van der Waals surface area contributed by atoms with Crippen molar-refractivity contribution in [2.45, 2.75) is 13.8 Å². The Morgan fingerprint density at radius 1 is 1.00 bits per heavy atom. The third kappa shape index (κ3) is 2.69. The fourth-order valence-corrected chi connectivity index (χ4v) is 1.94. The molecule has 2 N–H and O–H groups in total. The molecule has 0 aliphatic heterocycles. The largest absolute Gasteiger partial charge is 0.505 e. The van der Waals surface area contributed by atoms with Gasteiger partial charge in [-0.2, -0.15) is 0 Å². The Labute approximate surface area is 117 Å². The van der Waals surface area contributed by atoms with Gasteiger partial charge < -0.3 is 10.4 Å². The molecule has 4 heteroatoms. The van der Waals surface area contributed by atoms with Crippen LogP contribution in [0.15, 0.2) is 42.5 Å². The molecule has 2 aromatic carbocycles. The van der Waals surface area contributed by atoms with Gasteiger partial charge in [-0.05, 0) is 31.5 Å². The summed E-state index contributed by atoms with van der Waals surface area (Å²) < 4.78 is 0. The first-order valence-electron chi connectivity index (χ1n) is 6.20. The quantitative estimate of drug-likeness (QED) is 0.664. The Balaban J connectivity index is 2.34. The number of hydrogen-bond donors (Lipinski definition) is 2. The minimum absolute atomic E-state index is 0.0288. The van der Waals surface area contributed by atoms with Gasteiger partial charge in [-0.3, -0.25) is 9.59 Å². The van der Waals surface area contributed by atoms with E-state index in [1.807, 2.05) is 0 Å². The van der Waals surface area contributed by atoms with Gasteiger partial charge in [0, 0.05) is 5.56 Å². The molecular formula is C16H15NO3. The van der Waals surface area contributed by atoms with Crippen LogP contribution in [0, 0.1) is 6.92 Å². The first kappa shape index (κ1) is 13.8. The lowest BCUT2D eigenvalue weighted by atomic mass is 10.0. The third-order valence-electron chi connectivity index (χ3n) is 3.04. The highest BCUT2D eigenvalue weighted by Gasteiger charge is 2.15. The van der Waals surface area contributed by atoms with E-state index in [9.17, 15) is 14.7 Å². The second kappa shape index (κ2) is 5.57. The lowest BCUT2D eigenvalue weighted by Crippen LogP contribution is -2.15. The first-order chi connectivity index (χ1) is 9.50. The third-order valence-corrected chi connectivity index (χ3v) is 3.04. The fraction of sp³-hybridized carbons (Fsp3) is 0.125. The molecule has 0 aromatic heterocycles. The molecule has 20 heavy (non-hydrogen) atoms. The summed E-state index contributed by atoms with van der Waals surface area (Å²) in [5.41, 5.74) is 1.65. The van der Waals surface area contributed by atoms with E-state index in [2.05, 4.69) is 5.32 Å². The molecule has 4 nitrogen and oxygen atoms in total. The molecule has 0 saturated heterocycles. The van der Waals surface area contributed by atoms with Crippen LogP contribution >= 0.6 is 0 Å². The number of amides is 1. The van der Waals surface area contributed by atoms with Crippen LogP contribution in [0.25, 0.3) is 0 Å². The number of carbonyl (C=O) groups excluding carboxylic acids is 2. The number of ketones is 1. The number of Topliss-reactive ketones (excluding diaryl/α,β-unsaturated/α-hetero) is 1. The van der Waals surface area contributed by atoms with Crippen molar-refractivity contribution < 1.29 is 14.7 Å². The van der Waals surface area contributed by atoms with Gasteiger partial charge in [0.25, 0.3) is 5.91 Å². The molecule has 0 bridgehead atoms. The zero-order chi connectivity index (χ0) is 14.7. The standard InChI is InChI=1S/C16H15NO3/c1-10-6-5-9-14(15(10)19)17-16(20)13-8-4-3-7-12(13)11(2)18/h3-9,19H,1-2H3,(H,17,20). The maximum atomic E-state index is 12.2. The second-order valence-corrected chi connectivity index (χ2v) is 4.53. The summed E-state index contributed by atoms with van der Waals surface area (Å²) in [6, 6.07) is 11.7. The molecule has 0 saturated carbocycles. The molecule has 0 fully saturated rings. The number of para-hydroxylation sites is 1. The van der Waals surface area contributed by atoms with E-state index < -0.39 is 5.91 Å². The number of aryl methyl sites for hydroxylation is 1. The highest BCUT2D eigenvalue weighted by atomic mass is 16.3. The highest BCUT2D eigenvalue weighted by Crippen LogP contribution is 2.27.